The fourth-order valence-corrected chi connectivity index (χ4v) is 2.24. The minimum atomic E-state index is -0.372. The molecule has 0 spiro atoms. The zero-order chi connectivity index (χ0) is 11.1. The Hall–Kier alpha value is 0.140. The Kier molecular flexibility index (Phi) is 3.25. The number of fused-ring (bicyclic) bond motifs is 1. The molecule has 15 heavy (non-hydrogen) atoms. The first-order valence-electron chi connectivity index (χ1n) is 4.40. The van der Waals surface area contributed by atoms with E-state index < -0.39 is 0 Å². The molecule has 0 aliphatic rings. The topological polar surface area (TPSA) is 0 Å². The van der Waals surface area contributed by atoms with Gasteiger partial charge in [0.25, 0.3) is 0 Å². The van der Waals surface area contributed by atoms with Gasteiger partial charge in [-0.1, -0.05) is 78.1 Å². The smallest absolute Gasteiger partial charge is 0.0616 e. The van der Waals surface area contributed by atoms with E-state index in [-0.39, 0.29) is 2.14 Å². The molecule has 2 rings (SSSR count). The van der Waals surface area contributed by atoms with Gasteiger partial charge in [0.2, 0.25) is 0 Å². The van der Waals surface area contributed by atoms with Crippen LogP contribution in [0.1, 0.15) is 11.1 Å². The van der Waals surface area contributed by atoms with E-state index in [0.717, 1.165) is 11.1 Å². The predicted octanol–water partition coefficient (Wildman–Crippen LogP) is 5.32. The van der Waals surface area contributed by atoms with Crippen molar-refractivity contribution in [2.24, 2.45) is 0 Å². The maximum atomic E-state index is 4.06. The van der Waals surface area contributed by atoms with Gasteiger partial charge in [-0.05, 0) is 34.9 Å². The fourth-order valence-electron chi connectivity index (χ4n) is 1.55. The van der Waals surface area contributed by atoms with Gasteiger partial charge in [0.05, 0.1) is 0 Å². The molecule has 2 aromatic carbocycles. The van der Waals surface area contributed by atoms with Crippen LogP contribution in [-0.4, -0.2) is 0 Å². The normalized spacial score (nSPS) is 12.0. The van der Waals surface area contributed by atoms with Crippen LogP contribution in [0.2, 0.25) is 0 Å². The monoisotopic (exact) mass is 389 g/mol. The maximum absolute atomic E-state index is 4.06. The minimum absolute atomic E-state index is 0.372. The van der Waals surface area contributed by atoms with Crippen LogP contribution in [-0.2, 0) is 2.14 Å². The molecule has 0 fully saturated rings. The van der Waals surface area contributed by atoms with E-state index in [4.69, 9.17) is 0 Å². The van der Waals surface area contributed by atoms with E-state index in [1.54, 1.807) is 0 Å². The molecule has 0 bridgehead atoms. The van der Waals surface area contributed by atoms with Crippen LogP contribution in [0.5, 0.6) is 0 Å². The summed E-state index contributed by atoms with van der Waals surface area (Å²) in [5.41, 5.74) is 2.14. The summed E-state index contributed by atoms with van der Waals surface area (Å²) in [5, 5.41) is 2.39. The molecule has 0 atom stereocenters. The molecule has 2 aromatic rings. The lowest BCUT2D eigenvalue weighted by Crippen LogP contribution is -1.98. The van der Waals surface area contributed by atoms with Crippen LogP contribution in [0, 0.1) is 6.92 Å². The van der Waals surface area contributed by atoms with Crippen molar-refractivity contribution < 1.29 is 0 Å². The number of benzene rings is 2. The first kappa shape index (κ1) is 11.6. The molecule has 0 aromatic heterocycles. The summed E-state index contributed by atoms with van der Waals surface area (Å²) in [6.45, 7) is 4.06. The average molecular weight is 392 g/mol. The molecule has 0 saturated carbocycles. The summed E-state index contributed by atoms with van der Waals surface area (Å²) in [6, 6.07) is 12.4. The number of rotatable bonds is 0. The second-order valence-corrected chi connectivity index (χ2v) is 10.1. The molecule has 0 saturated heterocycles. The number of alkyl halides is 3. The molecule has 0 amide bonds. The maximum Gasteiger partial charge on any atom is 0.159 e. The van der Waals surface area contributed by atoms with Gasteiger partial charge in [0.1, 0.15) is 0 Å². The molecular weight excluding hydrogens is 384 g/mol. The Labute approximate surface area is 114 Å². The molecule has 1 radical (unpaired) electrons. The lowest BCUT2D eigenvalue weighted by atomic mass is 10.0. The largest absolute Gasteiger partial charge is 0.159 e. The van der Waals surface area contributed by atoms with Crippen LogP contribution in [0.4, 0.5) is 0 Å². The van der Waals surface area contributed by atoms with E-state index in [1.165, 1.54) is 10.8 Å². The van der Waals surface area contributed by atoms with Gasteiger partial charge in [-0.25, -0.2) is 0 Å². The van der Waals surface area contributed by atoms with Gasteiger partial charge in [-0.2, -0.15) is 0 Å². The van der Waals surface area contributed by atoms with Crippen molar-refractivity contribution in [3.05, 3.63) is 54.4 Å². The third kappa shape index (κ3) is 2.45. The van der Waals surface area contributed by atoms with Gasteiger partial charge in [0.15, 0.2) is 2.14 Å². The van der Waals surface area contributed by atoms with Crippen molar-refractivity contribution >= 4 is 58.6 Å². The second kappa shape index (κ2) is 4.19. The van der Waals surface area contributed by atoms with Crippen molar-refractivity contribution in [2.75, 3.05) is 0 Å². The van der Waals surface area contributed by atoms with E-state index in [9.17, 15) is 0 Å². The summed E-state index contributed by atoms with van der Waals surface area (Å²) in [7, 11) is 0. The van der Waals surface area contributed by atoms with Crippen molar-refractivity contribution in [3.8, 4) is 0 Å². The predicted molar refractivity (Wildman–Crippen MR) is 76.9 cm³/mol. The van der Waals surface area contributed by atoms with Gasteiger partial charge >= 0.3 is 0 Å². The number of halogens is 3. The van der Waals surface area contributed by atoms with Gasteiger partial charge < -0.3 is 0 Å². The quantitative estimate of drug-likeness (QED) is 0.533. The third-order valence-corrected chi connectivity index (χ3v) is 3.65. The molecule has 0 heterocycles. The molecule has 77 valence electrons. The van der Waals surface area contributed by atoms with Crippen LogP contribution >= 0.6 is 47.8 Å². The Balaban J connectivity index is 2.73. The molecular formula is C12H8Br3. The van der Waals surface area contributed by atoms with Crippen LogP contribution in [0.15, 0.2) is 36.4 Å². The van der Waals surface area contributed by atoms with Crippen molar-refractivity contribution in [1.29, 1.82) is 0 Å². The highest BCUT2D eigenvalue weighted by Crippen LogP contribution is 2.45. The molecule has 0 N–H and O–H groups in total. The summed E-state index contributed by atoms with van der Waals surface area (Å²) >= 11 is 10.5. The lowest BCUT2D eigenvalue weighted by molar-refractivity contribution is 1.38. The van der Waals surface area contributed by atoms with Crippen LogP contribution in [0.25, 0.3) is 10.8 Å². The Morgan fingerprint density at radius 2 is 1.67 bits per heavy atom. The molecule has 3 heteroatoms. The summed E-state index contributed by atoms with van der Waals surface area (Å²) in [4.78, 5) is 0. The van der Waals surface area contributed by atoms with Crippen molar-refractivity contribution in [1.82, 2.24) is 0 Å². The van der Waals surface area contributed by atoms with Crippen LogP contribution in [0.3, 0.4) is 0 Å². The van der Waals surface area contributed by atoms with E-state index in [2.05, 4.69) is 79.0 Å². The highest BCUT2D eigenvalue weighted by molar-refractivity contribution is 9.38. The highest BCUT2D eigenvalue weighted by Gasteiger charge is 2.21. The summed E-state index contributed by atoms with van der Waals surface area (Å²) in [6.07, 6.45) is 0. The summed E-state index contributed by atoms with van der Waals surface area (Å²) < 4.78 is -0.372. The number of hydrogen-bond acceptors (Lipinski definition) is 0. The van der Waals surface area contributed by atoms with Gasteiger partial charge in [0, 0.05) is 0 Å². The molecule has 0 aliphatic carbocycles. The van der Waals surface area contributed by atoms with E-state index in [1.807, 2.05) is 12.1 Å². The zero-order valence-corrected chi connectivity index (χ0v) is 12.6. The summed E-state index contributed by atoms with van der Waals surface area (Å²) in [5.74, 6) is 0. The molecule has 0 unspecified atom stereocenters. The zero-order valence-electron chi connectivity index (χ0n) is 7.81. The highest BCUT2D eigenvalue weighted by atomic mass is 80.0. The van der Waals surface area contributed by atoms with Gasteiger partial charge in [-0.15, -0.1) is 0 Å². The Bertz CT molecular complexity index is 498. The first-order valence-corrected chi connectivity index (χ1v) is 6.78. The van der Waals surface area contributed by atoms with E-state index in [0.29, 0.717) is 0 Å². The van der Waals surface area contributed by atoms with Crippen molar-refractivity contribution in [3.63, 3.8) is 0 Å². The lowest BCUT2D eigenvalue weighted by Gasteiger charge is -2.15. The minimum Gasteiger partial charge on any atom is -0.0616 e. The first-order chi connectivity index (χ1) is 6.98. The SMILES string of the molecule is [CH2]c1cc(C(Br)(Br)Br)cc2ccccc12. The van der Waals surface area contributed by atoms with Gasteiger partial charge in [-0.3, -0.25) is 0 Å². The second-order valence-electron chi connectivity index (χ2n) is 3.35. The van der Waals surface area contributed by atoms with E-state index >= 15 is 0 Å². The van der Waals surface area contributed by atoms with Crippen molar-refractivity contribution in [2.45, 2.75) is 2.14 Å². The Morgan fingerprint density at radius 3 is 2.33 bits per heavy atom. The average Bonchev–Trinajstić information content (AvgIpc) is 2.16. The molecule has 0 nitrogen and oxygen atoms in total. The molecule has 0 aliphatic heterocycles. The fraction of sp³-hybridized carbons (Fsp3) is 0.0833. The van der Waals surface area contributed by atoms with Crippen LogP contribution < -0.4 is 0 Å². The standard InChI is InChI=1S/C12H8Br3/c1-8-6-10(12(13,14)15)7-9-4-2-3-5-11(8)9/h2-7H,1H2. The Morgan fingerprint density at radius 1 is 1.00 bits per heavy atom. The number of hydrogen-bond donors (Lipinski definition) is 0. The third-order valence-electron chi connectivity index (χ3n) is 2.27.